The first-order chi connectivity index (χ1) is 13.8. The Balaban J connectivity index is 1.71. The van der Waals surface area contributed by atoms with Crippen LogP contribution in [-0.2, 0) is 15.9 Å². The maximum Gasteiger partial charge on any atom is 0.253 e. The topological polar surface area (TPSA) is 52.5 Å². The number of hydrogen-bond acceptors (Lipinski definition) is 3. The molecule has 0 atom stereocenters. The fraction of sp³-hybridized carbons (Fsp3) is 0.348. The van der Waals surface area contributed by atoms with Crippen LogP contribution in [0.4, 0.5) is 0 Å². The smallest absolute Gasteiger partial charge is 0.253 e. The standard InChI is InChI=1S/C23H24N2O3/c1-27-14-15-28-19-9-5-6-17(10-11-19)20-16-25(18-7-3-2-4-8-18)21-12-13-24-23(26)22(20)21/h2-3,7,10-11,16H,4,6,8,12-15H2,1H3,(H,24,26). The molecule has 1 aliphatic heterocycles. The summed E-state index contributed by atoms with van der Waals surface area (Å²) in [7, 11) is 1.64. The number of carbonyl (C=O) groups excluding carboxylic acids is 1. The highest BCUT2D eigenvalue weighted by Crippen LogP contribution is 2.33. The van der Waals surface area contributed by atoms with Gasteiger partial charge in [0.25, 0.3) is 5.91 Å². The van der Waals surface area contributed by atoms with E-state index in [2.05, 4.69) is 46.1 Å². The molecule has 4 rings (SSSR count). The summed E-state index contributed by atoms with van der Waals surface area (Å²) in [6, 6.07) is 0. The molecule has 0 bridgehead atoms. The van der Waals surface area contributed by atoms with Gasteiger partial charge in [-0.2, -0.15) is 0 Å². The van der Waals surface area contributed by atoms with Gasteiger partial charge in [0, 0.05) is 49.6 Å². The zero-order valence-electron chi connectivity index (χ0n) is 16.1. The van der Waals surface area contributed by atoms with Crippen molar-refractivity contribution in [3.63, 3.8) is 0 Å². The zero-order chi connectivity index (χ0) is 19.3. The minimum atomic E-state index is 0.000560. The molecule has 1 aromatic rings. The van der Waals surface area contributed by atoms with E-state index in [0.717, 1.165) is 41.7 Å². The fourth-order valence-corrected chi connectivity index (χ4v) is 3.73. The highest BCUT2D eigenvalue weighted by Gasteiger charge is 2.27. The second kappa shape index (κ2) is 8.37. The summed E-state index contributed by atoms with van der Waals surface area (Å²) >= 11 is 0. The Bertz CT molecular complexity index is 964. The monoisotopic (exact) mass is 376 g/mol. The van der Waals surface area contributed by atoms with Crippen molar-refractivity contribution >= 4 is 17.2 Å². The molecule has 28 heavy (non-hydrogen) atoms. The summed E-state index contributed by atoms with van der Waals surface area (Å²) in [5.74, 6) is 6.85. The average molecular weight is 376 g/mol. The second-order valence-electron chi connectivity index (χ2n) is 6.91. The predicted molar refractivity (Wildman–Crippen MR) is 109 cm³/mol. The van der Waals surface area contributed by atoms with Crippen molar-refractivity contribution in [2.24, 2.45) is 0 Å². The van der Waals surface area contributed by atoms with E-state index in [9.17, 15) is 4.79 Å². The van der Waals surface area contributed by atoms with Crippen LogP contribution >= 0.6 is 0 Å². The fourth-order valence-electron chi connectivity index (χ4n) is 3.73. The first-order valence-corrected chi connectivity index (χ1v) is 9.68. The number of aromatic nitrogens is 1. The van der Waals surface area contributed by atoms with Gasteiger partial charge in [-0.3, -0.25) is 4.79 Å². The van der Waals surface area contributed by atoms with E-state index in [1.54, 1.807) is 7.11 Å². The van der Waals surface area contributed by atoms with Crippen LogP contribution in [-0.4, -0.2) is 37.3 Å². The van der Waals surface area contributed by atoms with E-state index < -0.39 is 0 Å². The number of rotatable bonds is 6. The number of fused-ring (bicyclic) bond motifs is 1. The Hall–Kier alpha value is -2.97. The molecule has 0 unspecified atom stereocenters. The maximum absolute atomic E-state index is 12.7. The van der Waals surface area contributed by atoms with Gasteiger partial charge in [0.1, 0.15) is 6.61 Å². The van der Waals surface area contributed by atoms with Crippen molar-refractivity contribution in [1.82, 2.24) is 9.88 Å². The number of nitrogens with one attached hydrogen (secondary N) is 1. The molecule has 2 aliphatic carbocycles. The van der Waals surface area contributed by atoms with Gasteiger partial charge in [0.15, 0.2) is 5.76 Å². The third kappa shape index (κ3) is 3.69. The predicted octanol–water partition coefficient (Wildman–Crippen LogP) is 3.30. The van der Waals surface area contributed by atoms with E-state index in [-0.39, 0.29) is 5.91 Å². The van der Waals surface area contributed by atoms with Crippen molar-refractivity contribution in [3.05, 3.63) is 59.2 Å². The molecule has 5 heteroatoms. The van der Waals surface area contributed by atoms with Crippen LogP contribution in [0.1, 0.15) is 40.9 Å². The number of carbonyl (C=O) groups is 1. The van der Waals surface area contributed by atoms with Crippen molar-refractivity contribution in [2.45, 2.75) is 25.7 Å². The van der Waals surface area contributed by atoms with Gasteiger partial charge in [-0.1, -0.05) is 24.1 Å². The Morgan fingerprint density at radius 3 is 2.96 bits per heavy atom. The summed E-state index contributed by atoms with van der Waals surface area (Å²) in [5.41, 5.74) is 5.12. The number of ether oxygens (including phenoxy) is 2. The summed E-state index contributed by atoms with van der Waals surface area (Å²) in [6.45, 7) is 1.67. The summed E-state index contributed by atoms with van der Waals surface area (Å²) in [6.07, 6.45) is 15.8. The minimum Gasteiger partial charge on any atom is -0.483 e. The highest BCUT2D eigenvalue weighted by molar-refractivity contribution is 6.02. The van der Waals surface area contributed by atoms with Gasteiger partial charge in [0.05, 0.1) is 12.2 Å². The molecule has 0 saturated carbocycles. The van der Waals surface area contributed by atoms with Crippen LogP contribution in [0.15, 0.2) is 42.3 Å². The third-order valence-electron chi connectivity index (χ3n) is 5.10. The highest BCUT2D eigenvalue weighted by atomic mass is 16.5. The van der Waals surface area contributed by atoms with Crippen LogP contribution in [0.5, 0.6) is 0 Å². The maximum atomic E-state index is 12.7. The molecule has 0 radical (unpaired) electrons. The molecular weight excluding hydrogens is 352 g/mol. The molecule has 0 fully saturated rings. The first-order valence-electron chi connectivity index (χ1n) is 9.68. The van der Waals surface area contributed by atoms with E-state index in [1.807, 2.05) is 12.2 Å². The van der Waals surface area contributed by atoms with Gasteiger partial charge in [-0.15, -0.1) is 0 Å². The lowest BCUT2D eigenvalue weighted by atomic mass is 9.97. The molecule has 1 aromatic heterocycles. The van der Waals surface area contributed by atoms with Crippen molar-refractivity contribution < 1.29 is 14.3 Å². The Morgan fingerprint density at radius 2 is 2.14 bits per heavy atom. The zero-order valence-corrected chi connectivity index (χ0v) is 16.1. The van der Waals surface area contributed by atoms with Crippen LogP contribution in [0.3, 0.4) is 0 Å². The van der Waals surface area contributed by atoms with Gasteiger partial charge < -0.3 is 19.4 Å². The van der Waals surface area contributed by atoms with Crippen LogP contribution in [0.2, 0.25) is 0 Å². The largest absolute Gasteiger partial charge is 0.483 e. The number of hydrogen-bond donors (Lipinski definition) is 1. The van der Waals surface area contributed by atoms with Crippen molar-refractivity contribution in [3.8, 4) is 11.8 Å². The molecule has 0 aromatic carbocycles. The molecule has 2 heterocycles. The third-order valence-corrected chi connectivity index (χ3v) is 5.10. The Kier molecular flexibility index (Phi) is 5.50. The lowest BCUT2D eigenvalue weighted by Crippen LogP contribution is -2.32. The lowest BCUT2D eigenvalue weighted by Gasteiger charge is -2.19. The van der Waals surface area contributed by atoms with Crippen molar-refractivity contribution in [2.75, 3.05) is 26.9 Å². The van der Waals surface area contributed by atoms with Gasteiger partial charge in [-0.25, -0.2) is 0 Å². The van der Waals surface area contributed by atoms with E-state index >= 15 is 0 Å². The summed E-state index contributed by atoms with van der Waals surface area (Å²) < 4.78 is 12.9. The van der Waals surface area contributed by atoms with E-state index in [1.165, 1.54) is 5.70 Å². The molecule has 144 valence electrons. The number of allylic oxidation sites excluding steroid dienone is 8. The minimum absolute atomic E-state index is 0.000560. The molecule has 3 aliphatic rings. The van der Waals surface area contributed by atoms with Gasteiger partial charge in [0.2, 0.25) is 0 Å². The number of amides is 1. The summed E-state index contributed by atoms with van der Waals surface area (Å²) in [4.78, 5) is 12.7. The SMILES string of the molecule is COCCOC1=CC=C(c2cn(C3=CC=CCC3)c3c2C(=O)NCC3)CC#C1. The molecule has 5 nitrogen and oxygen atoms in total. The molecule has 1 N–H and O–H groups in total. The molecule has 0 saturated heterocycles. The second-order valence-corrected chi connectivity index (χ2v) is 6.91. The van der Waals surface area contributed by atoms with E-state index in [4.69, 9.17) is 9.47 Å². The van der Waals surface area contributed by atoms with E-state index in [0.29, 0.717) is 31.9 Å². The number of methoxy groups -OCH3 is 1. The average Bonchev–Trinajstić information content (AvgIpc) is 2.96. The molecular formula is C23H24N2O3. The van der Waals surface area contributed by atoms with Crippen LogP contribution in [0, 0.1) is 11.8 Å². The molecule has 0 spiro atoms. The quantitative estimate of drug-likeness (QED) is 0.612. The molecule has 1 amide bonds. The Morgan fingerprint density at radius 1 is 1.21 bits per heavy atom. The lowest BCUT2D eigenvalue weighted by molar-refractivity contribution is 0.0945. The van der Waals surface area contributed by atoms with Gasteiger partial charge >= 0.3 is 0 Å². The Labute approximate surface area is 165 Å². The summed E-state index contributed by atoms with van der Waals surface area (Å²) in [5, 5.41) is 2.99. The van der Waals surface area contributed by atoms with Crippen LogP contribution in [0.25, 0.3) is 11.3 Å². The number of nitrogens with zero attached hydrogens (tertiary/aromatic N) is 1. The first kappa shape index (κ1) is 18.4. The normalized spacial score (nSPS) is 18.0. The van der Waals surface area contributed by atoms with Crippen LogP contribution < -0.4 is 5.32 Å². The van der Waals surface area contributed by atoms with Gasteiger partial charge in [-0.05, 0) is 36.5 Å². The van der Waals surface area contributed by atoms with Crippen molar-refractivity contribution in [1.29, 1.82) is 0 Å².